The van der Waals surface area contributed by atoms with E-state index in [1.165, 1.54) is 5.57 Å². The Balaban J connectivity index is 1.66. The molecule has 3 fully saturated rings. The number of fused-ring (bicyclic) bond motifs is 5. The highest BCUT2D eigenvalue weighted by atomic mass is 16.6. The van der Waals surface area contributed by atoms with Crippen LogP contribution in [0.4, 0.5) is 0 Å². The average molecular weight is 501 g/mol. The van der Waals surface area contributed by atoms with E-state index in [4.69, 9.17) is 14.6 Å². The highest BCUT2D eigenvalue weighted by molar-refractivity contribution is 6.01. The number of rotatable bonds is 8. The topological polar surface area (TPSA) is 107 Å². The number of aliphatic hydroxyl groups excluding tert-OH is 1. The lowest BCUT2D eigenvalue weighted by Gasteiger charge is -2.59. The van der Waals surface area contributed by atoms with E-state index < -0.39 is 23.6 Å². The van der Waals surface area contributed by atoms with Crippen molar-refractivity contribution in [3.8, 4) is 0 Å². The van der Waals surface area contributed by atoms with Gasteiger partial charge in [0, 0.05) is 17.3 Å². The Morgan fingerprint density at radius 1 is 1.08 bits per heavy atom. The molecule has 4 rings (SSSR count). The molecule has 7 atom stereocenters. The molecule has 0 spiro atoms. The Hall–Kier alpha value is -2.28. The second-order valence-electron chi connectivity index (χ2n) is 11.7. The summed E-state index contributed by atoms with van der Waals surface area (Å²) in [4.78, 5) is 50.6. The van der Waals surface area contributed by atoms with E-state index in [1.807, 2.05) is 13.0 Å². The van der Waals surface area contributed by atoms with Crippen LogP contribution in [0, 0.1) is 34.5 Å². The third kappa shape index (κ3) is 4.17. The van der Waals surface area contributed by atoms with E-state index in [-0.39, 0.29) is 54.2 Å². The number of hydrogen-bond acceptors (Lipinski definition) is 7. The Kier molecular flexibility index (Phi) is 7.35. The standard InChI is InChI=1S/C29H40O7/c1-5-6-26(34)36-29(24(32)17-35-25(33)10-14-30)13-9-22-20-15-18(2)23-16-19(31)7-11-27(23,3)21(20)8-12-28(22,29)4/h7,11,16,18,20-22,30H,5-6,8-10,12-15,17H2,1-4H3/t18-,20+,21-,22-,27+,28-,29-/m0/s1. The van der Waals surface area contributed by atoms with Crippen LogP contribution < -0.4 is 0 Å². The monoisotopic (exact) mass is 500 g/mol. The molecule has 0 aromatic rings. The van der Waals surface area contributed by atoms with Gasteiger partial charge in [-0.1, -0.05) is 39.3 Å². The number of carbonyl (C=O) groups excluding carboxylic acids is 4. The number of ether oxygens (including phenoxy) is 2. The van der Waals surface area contributed by atoms with Gasteiger partial charge in [-0.15, -0.1) is 0 Å². The SMILES string of the molecule is CCCC(=O)O[C@]1(C(=O)COC(=O)CCO)CC[C@H]2[C@@H]3C[C@H](C)C4=CC(=O)C=C[C@]4(C)[C@H]3CC[C@@]21C. The number of aliphatic hydroxyl groups is 1. The highest BCUT2D eigenvalue weighted by Crippen LogP contribution is 2.68. The normalized spacial score (nSPS) is 38.9. The zero-order valence-electron chi connectivity index (χ0n) is 22.0. The van der Waals surface area contributed by atoms with Gasteiger partial charge in [-0.25, -0.2) is 0 Å². The molecule has 3 saturated carbocycles. The molecule has 0 aliphatic heterocycles. The van der Waals surface area contributed by atoms with Gasteiger partial charge in [0.1, 0.15) is 0 Å². The summed E-state index contributed by atoms with van der Waals surface area (Å²) in [5, 5.41) is 9.00. The molecule has 0 saturated heterocycles. The minimum absolute atomic E-state index is 0.0532. The fourth-order valence-electron chi connectivity index (χ4n) is 8.17. The van der Waals surface area contributed by atoms with E-state index in [9.17, 15) is 19.2 Å². The predicted octanol–water partition coefficient (Wildman–Crippen LogP) is 4.12. The third-order valence-electron chi connectivity index (χ3n) is 9.87. The van der Waals surface area contributed by atoms with Crippen LogP contribution in [0.5, 0.6) is 0 Å². The minimum atomic E-state index is -1.33. The number of ketones is 2. The smallest absolute Gasteiger partial charge is 0.308 e. The van der Waals surface area contributed by atoms with Gasteiger partial charge in [0.15, 0.2) is 18.0 Å². The maximum atomic E-state index is 13.8. The second-order valence-corrected chi connectivity index (χ2v) is 11.7. The number of Topliss-reactive ketones (excluding diaryl/α,β-unsaturated/α-hetero) is 1. The van der Waals surface area contributed by atoms with Crippen LogP contribution in [-0.2, 0) is 28.7 Å². The lowest BCUT2D eigenvalue weighted by atomic mass is 9.45. The average Bonchev–Trinajstić information content (AvgIpc) is 3.12. The van der Waals surface area contributed by atoms with Crippen molar-refractivity contribution >= 4 is 23.5 Å². The molecule has 0 amide bonds. The summed E-state index contributed by atoms with van der Waals surface area (Å²) in [6.45, 7) is 7.61. The van der Waals surface area contributed by atoms with Gasteiger partial charge in [0.25, 0.3) is 0 Å². The molecule has 0 aromatic carbocycles. The first-order chi connectivity index (χ1) is 17.0. The van der Waals surface area contributed by atoms with Crippen molar-refractivity contribution in [2.45, 2.75) is 84.7 Å². The summed E-state index contributed by atoms with van der Waals surface area (Å²) in [6, 6.07) is 0. The lowest BCUT2D eigenvalue weighted by Crippen LogP contribution is -2.60. The van der Waals surface area contributed by atoms with E-state index in [1.54, 1.807) is 6.08 Å². The van der Waals surface area contributed by atoms with Crippen LogP contribution in [0.2, 0.25) is 0 Å². The zero-order valence-corrected chi connectivity index (χ0v) is 22.0. The summed E-state index contributed by atoms with van der Waals surface area (Å²) >= 11 is 0. The van der Waals surface area contributed by atoms with Gasteiger partial charge < -0.3 is 14.6 Å². The van der Waals surface area contributed by atoms with E-state index in [0.717, 1.165) is 19.3 Å². The van der Waals surface area contributed by atoms with Gasteiger partial charge in [-0.05, 0) is 74.3 Å². The van der Waals surface area contributed by atoms with Crippen LogP contribution in [0.25, 0.3) is 0 Å². The van der Waals surface area contributed by atoms with Crippen molar-refractivity contribution in [1.29, 1.82) is 0 Å². The Bertz CT molecular complexity index is 996. The molecule has 7 heteroatoms. The van der Waals surface area contributed by atoms with E-state index >= 15 is 0 Å². The number of carbonyl (C=O) groups is 4. The molecular formula is C29H40O7. The number of esters is 2. The predicted molar refractivity (Wildman–Crippen MR) is 133 cm³/mol. The van der Waals surface area contributed by atoms with Crippen molar-refractivity contribution in [1.82, 2.24) is 0 Å². The largest absolute Gasteiger partial charge is 0.457 e. The fraction of sp³-hybridized carbons (Fsp3) is 0.724. The molecule has 0 aromatic heterocycles. The van der Waals surface area contributed by atoms with Crippen LogP contribution in [0.1, 0.15) is 79.1 Å². The number of allylic oxidation sites excluding steroid dienone is 4. The first kappa shape index (κ1) is 26.8. The molecule has 36 heavy (non-hydrogen) atoms. The van der Waals surface area contributed by atoms with Crippen LogP contribution in [0.3, 0.4) is 0 Å². The van der Waals surface area contributed by atoms with Gasteiger partial charge in [0.05, 0.1) is 13.0 Å². The minimum Gasteiger partial charge on any atom is -0.457 e. The Morgan fingerprint density at radius 3 is 2.50 bits per heavy atom. The molecule has 0 bridgehead atoms. The Morgan fingerprint density at radius 2 is 1.81 bits per heavy atom. The van der Waals surface area contributed by atoms with Crippen molar-refractivity contribution in [3.63, 3.8) is 0 Å². The molecule has 198 valence electrons. The molecule has 1 N–H and O–H groups in total. The summed E-state index contributed by atoms with van der Waals surface area (Å²) in [5.41, 5.74) is -0.868. The number of hydrogen-bond donors (Lipinski definition) is 1. The van der Waals surface area contributed by atoms with Gasteiger partial charge in [-0.2, -0.15) is 0 Å². The lowest BCUT2D eigenvalue weighted by molar-refractivity contribution is -0.192. The van der Waals surface area contributed by atoms with Crippen molar-refractivity contribution in [2.24, 2.45) is 34.5 Å². The molecule has 7 nitrogen and oxygen atoms in total. The molecular weight excluding hydrogens is 460 g/mol. The van der Waals surface area contributed by atoms with Crippen LogP contribution >= 0.6 is 0 Å². The molecule has 4 aliphatic rings. The molecule has 4 aliphatic carbocycles. The second kappa shape index (κ2) is 9.88. The van der Waals surface area contributed by atoms with E-state index in [0.29, 0.717) is 31.1 Å². The third-order valence-corrected chi connectivity index (χ3v) is 9.87. The van der Waals surface area contributed by atoms with E-state index in [2.05, 4.69) is 26.8 Å². The molecule has 0 radical (unpaired) electrons. The Labute approximate surface area is 213 Å². The fourth-order valence-corrected chi connectivity index (χ4v) is 8.17. The first-order valence-electron chi connectivity index (χ1n) is 13.5. The molecule has 0 heterocycles. The summed E-state index contributed by atoms with van der Waals surface area (Å²) < 4.78 is 11.3. The van der Waals surface area contributed by atoms with Gasteiger partial charge >= 0.3 is 11.9 Å². The highest BCUT2D eigenvalue weighted by Gasteiger charge is 2.69. The quantitative estimate of drug-likeness (QED) is 0.500. The molecule has 0 unspecified atom stereocenters. The van der Waals surface area contributed by atoms with Gasteiger partial charge in [0.2, 0.25) is 5.78 Å². The summed E-state index contributed by atoms with van der Waals surface area (Å²) in [5.74, 6) is -0.235. The zero-order chi connectivity index (χ0) is 26.3. The summed E-state index contributed by atoms with van der Waals surface area (Å²) in [6.07, 6.45) is 9.98. The maximum absolute atomic E-state index is 13.8. The maximum Gasteiger partial charge on any atom is 0.308 e. The summed E-state index contributed by atoms with van der Waals surface area (Å²) in [7, 11) is 0. The van der Waals surface area contributed by atoms with Crippen molar-refractivity contribution in [3.05, 3.63) is 23.8 Å². The first-order valence-corrected chi connectivity index (χ1v) is 13.5. The van der Waals surface area contributed by atoms with Crippen LogP contribution in [0.15, 0.2) is 23.8 Å². The van der Waals surface area contributed by atoms with Crippen LogP contribution in [-0.4, -0.2) is 47.4 Å². The van der Waals surface area contributed by atoms with Crippen molar-refractivity contribution in [2.75, 3.05) is 13.2 Å². The van der Waals surface area contributed by atoms with Crippen molar-refractivity contribution < 1.29 is 33.8 Å². The van der Waals surface area contributed by atoms with Gasteiger partial charge in [-0.3, -0.25) is 19.2 Å².